The zero-order valence-corrected chi connectivity index (χ0v) is 22.4. The topological polar surface area (TPSA) is 12.5 Å². The van der Waals surface area contributed by atoms with Crippen LogP contribution in [-0.4, -0.2) is 36.7 Å². The summed E-state index contributed by atoms with van der Waals surface area (Å²) in [6.45, 7) is 19.8. The quantitative estimate of drug-likeness (QED) is 0.330. The molecule has 1 aliphatic carbocycles. The summed E-state index contributed by atoms with van der Waals surface area (Å²) in [5, 5.41) is 0. The van der Waals surface area contributed by atoms with Crippen molar-refractivity contribution in [2.75, 3.05) is 13.6 Å². The normalized spacial score (nSPS) is 25.8. The molecule has 1 rings (SSSR count). The van der Waals surface area contributed by atoms with Crippen molar-refractivity contribution in [2.24, 2.45) is 16.7 Å². The van der Waals surface area contributed by atoms with Gasteiger partial charge in [-0.1, -0.05) is 80.1 Å². The molecule has 5 unspecified atom stereocenters. The molecule has 30 heavy (non-hydrogen) atoms. The van der Waals surface area contributed by atoms with E-state index in [4.69, 9.17) is 4.74 Å². The third kappa shape index (κ3) is 10.5. The highest BCUT2D eigenvalue weighted by Gasteiger charge is 2.32. The van der Waals surface area contributed by atoms with E-state index >= 15 is 0 Å². The SMILES string of the molecule is CCCCC(C)(CC)C1CCCCC(N(C)CC(C)OC(C)CC(C)(C)C)CCC1. The Balaban J connectivity index is 2.55. The number of rotatable bonds is 11. The molecule has 0 saturated heterocycles. The lowest BCUT2D eigenvalue weighted by Crippen LogP contribution is -2.39. The van der Waals surface area contributed by atoms with Gasteiger partial charge in [-0.05, 0) is 76.2 Å². The minimum Gasteiger partial charge on any atom is -0.374 e. The average Bonchev–Trinajstić information content (AvgIpc) is 2.76. The first kappa shape index (κ1) is 28.0. The van der Waals surface area contributed by atoms with Gasteiger partial charge in [0.2, 0.25) is 0 Å². The molecule has 0 aliphatic heterocycles. The van der Waals surface area contributed by atoms with Crippen LogP contribution in [0.3, 0.4) is 0 Å². The smallest absolute Gasteiger partial charge is 0.0677 e. The van der Waals surface area contributed by atoms with E-state index in [-0.39, 0.29) is 0 Å². The second kappa shape index (κ2) is 13.5. The predicted molar refractivity (Wildman–Crippen MR) is 134 cm³/mol. The highest BCUT2D eigenvalue weighted by atomic mass is 16.5. The van der Waals surface area contributed by atoms with Crippen molar-refractivity contribution in [3.63, 3.8) is 0 Å². The molecule has 0 radical (unpaired) electrons. The summed E-state index contributed by atoms with van der Waals surface area (Å²) >= 11 is 0. The summed E-state index contributed by atoms with van der Waals surface area (Å²) in [4.78, 5) is 2.62. The molecular weight excluding hydrogens is 366 g/mol. The van der Waals surface area contributed by atoms with Crippen molar-refractivity contribution in [2.45, 2.75) is 151 Å². The molecular formula is C28H57NO. The Labute approximate surface area is 190 Å². The molecule has 180 valence electrons. The molecule has 0 aromatic rings. The van der Waals surface area contributed by atoms with Crippen LogP contribution in [0, 0.1) is 16.7 Å². The average molecular weight is 424 g/mol. The fourth-order valence-corrected chi connectivity index (χ4v) is 5.95. The molecule has 0 aromatic carbocycles. The van der Waals surface area contributed by atoms with Gasteiger partial charge in [-0.3, -0.25) is 0 Å². The van der Waals surface area contributed by atoms with Crippen molar-refractivity contribution in [1.82, 2.24) is 4.90 Å². The molecule has 1 fully saturated rings. The van der Waals surface area contributed by atoms with E-state index in [1.165, 1.54) is 70.6 Å². The first-order valence-electron chi connectivity index (χ1n) is 13.4. The molecule has 0 N–H and O–H groups in total. The Bertz CT molecular complexity index is 442. The van der Waals surface area contributed by atoms with Crippen LogP contribution in [-0.2, 0) is 4.74 Å². The summed E-state index contributed by atoms with van der Waals surface area (Å²) in [5.41, 5.74) is 0.900. The third-order valence-corrected chi connectivity index (χ3v) is 7.86. The van der Waals surface area contributed by atoms with Gasteiger partial charge < -0.3 is 9.64 Å². The number of unbranched alkanes of at least 4 members (excludes halogenated alkanes) is 1. The second-order valence-electron chi connectivity index (χ2n) is 12.1. The van der Waals surface area contributed by atoms with Gasteiger partial charge in [0.15, 0.2) is 0 Å². The highest BCUT2D eigenvalue weighted by molar-refractivity contribution is 4.84. The number of likely N-dealkylation sites (N-methyl/N-ethyl adjacent to an activating group) is 1. The van der Waals surface area contributed by atoms with Gasteiger partial charge in [-0.25, -0.2) is 0 Å². The molecule has 0 amide bonds. The van der Waals surface area contributed by atoms with E-state index in [2.05, 4.69) is 67.3 Å². The van der Waals surface area contributed by atoms with E-state index in [0.717, 1.165) is 24.9 Å². The van der Waals surface area contributed by atoms with Crippen molar-refractivity contribution < 1.29 is 4.74 Å². The minimum atomic E-state index is 0.310. The van der Waals surface area contributed by atoms with E-state index in [0.29, 0.717) is 23.0 Å². The first-order chi connectivity index (χ1) is 14.0. The van der Waals surface area contributed by atoms with Crippen molar-refractivity contribution in [1.29, 1.82) is 0 Å². The summed E-state index contributed by atoms with van der Waals surface area (Å²) in [6, 6.07) is 0.733. The summed E-state index contributed by atoms with van der Waals surface area (Å²) in [7, 11) is 2.34. The maximum atomic E-state index is 6.34. The van der Waals surface area contributed by atoms with Gasteiger partial charge in [0.1, 0.15) is 0 Å². The fraction of sp³-hybridized carbons (Fsp3) is 1.00. The molecule has 2 heteroatoms. The Hall–Kier alpha value is -0.0800. The van der Waals surface area contributed by atoms with Gasteiger partial charge in [-0.15, -0.1) is 0 Å². The molecule has 1 aliphatic rings. The molecule has 0 bridgehead atoms. The van der Waals surface area contributed by atoms with Gasteiger partial charge in [0, 0.05) is 12.6 Å². The van der Waals surface area contributed by atoms with Crippen LogP contribution >= 0.6 is 0 Å². The van der Waals surface area contributed by atoms with Crippen molar-refractivity contribution >= 4 is 0 Å². The van der Waals surface area contributed by atoms with Crippen LogP contribution in [0.2, 0.25) is 0 Å². The summed E-state index contributed by atoms with van der Waals surface area (Å²) in [5.74, 6) is 0.929. The molecule has 0 heterocycles. The van der Waals surface area contributed by atoms with Crippen LogP contribution in [0.5, 0.6) is 0 Å². The Morgan fingerprint density at radius 1 is 0.900 bits per heavy atom. The maximum absolute atomic E-state index is 6.34. The van der Waals surface area contributed by atoms with Crippen LogP contribution in [0.1, 0.15) is 132 Å². The third-order valence-electron chi connectivity index (χ3n) is 7.86. The van der Waals surface area contributed by atoms with Gasteiger partial charge in [-0.2, -0.15) is 0 Å². The van der Waals surface area contributed by atoms with E-state index in [1.54, 1.807) is 0 Å². The zero-order chi connectivity index (χ0) is 22.8. The standard InChI is InChI=1S/C28H57NO/c1-10-12-20-28(8,11-2)25-16-13-14-18-26(19-15-17-25)29(9)22-24(4)30-23(3)21-27(5,6)7/h23-26H,10-22H2,1-9H3. The lowest BCUT2D eigenvalue weighted by atomic mass is 9.68. The largest absolute Gasteiger partial charge is 0.374 e. The maximum Gasteiger partial charge on any atom is 0.0677 e. The zero-order valence-electron chi connectivity index (χ0n) is 22.4. The van der Waals surface area contributed by atoms with Crippen molar-refractivity contribution in [3.05, 3.63) is 0 Å². The Morgan fingerprint density at radius 3 is 2.10 bits per heavy atom. The molecule has 5 atom stereocenters. The van der Waals surface area contributed by atoms with Gasteiger partial charge in [0.25, 0.3) is 0 Å². The van der Waals surface area contributed by atoms with Gasteiger partial charge in [0.05, 0.1) is 12.2 Å². The number of hydrogen-bond acceptors (Lipinski definition) is 2. The molecule has 0 spiro atoms. The van der Waals surface area contributed by atoms with Crippen LogP contribution < -0.4 is 0 Å². The van der Waals surface area contributed by atoms with E-state index in [9.17, 15) is 0 Å². The van der Waals surface area contributed by atoms with Gasteiger partial charge >= 0.3 is 0 Å². The summed E-state index contributed by atoms with van der Waals surface area (Å²) in [6.07, 6.45) is 17.1. The highest BCUT2D eigenvalue weighted by Crippen LogP contribution is 2.43. The van der Waals surface area contributed by atoms with Crippen LogP contribution in [0.4, 0.5) is 0 Å². The number of ether oxygens (including phenoxy) is 1. The molecule has 1 saturated carbocycles. The number of nitrogens with zero attached hydrogens (tertiary/aromatic N) is 1. The second-order valence-corrected chi connectivity index (χ2v) is 12.1. The lowest BCUT2D eigenvalue weighted by Gasteiger charge is -2.38. The van der Waals surface area contributed by atoms with E-state index < -0.39 is 0 Å². The Morgan fingerprint density at radius 2 is 1.50 bits per heavy atom. The Kier molecular flexibility index (Phi) is 12.5. The van der Waals surface area contributed by atoms with Crippen LogP contribution in [0.25, 0.3) is 0 Å². The summed E-state index contributed by atoms with van der Waals surface area (Å²) < 4.78 is 6.34. The predicted octanol–water partition coefficient (Wildman–Crippen LogP) is 8.48. The lowest BCUT2D eigenvalue weighted by molar-refractivity contribution is -0.0293. The molecule has 0 aromatic heterocycles. The molecule has 2 nitrogen and oxygen atoms in total. The number of hydrogen-bond donors (Lipinski definition) is 0. The van der Waals surface area contributed by atoms with E-state index in [1.807, 2.05) is 0 Å². The monoisotopic (exact) mass is 423 g/mol. The van der Waals surface area contributed by atoms with Crippen molar-refractivity contribution in [3.8, 4) is 0 Å². The van der Waals surface area contributed by atoms with Crippen LogP contribution in [0.15, 0.2) is 0 Å². The minimum absolute atomic E-state index is 0.310. The fourth-order valence-electron chi connectivity index (χ4n) is 5.95. The first-order valence-corrected chi connectivity index (χ1v) is 13.4.